The molecule has 136 valence electrons. The van der Waals surface area contributed by atoms with Gasteiger partial charge in [-0.3, -0.25) is 14.4 Å². The lowest BCUT2D eigenvalue weighted by atomic mass is 10.1. The maximum absolute atomic E-state index is 12.4. The fraction of sp³-hybridized carbons (Fsp3) is 0.333. The number of amides is 1. The van der Waals surface area contributed by atoms with Crippen molar-refractivity contribution < 1.29 is 14.3 Å². The number of nitrogens with one attached hydrogen (secondary N) is 2. The Labute approximate surface area is 154 Å². The number of carbonyl (C=O) groups excluding carboxylic acids is 2. The zero-order chi connectivity index (χ0) is 18.5. The lowest BCUT2D eigenvalue weighted by Gasteiger charge is -2.18. The number of H-pyrrole nitrogens is 1. The number of hydrogen-bond donors (Lipinski definition) is 2. The Balaban J connectivity index is 1.67. The van der Waals surface area contributed by atoms with Gasteiger partial charge in [0.25, 0.3) is 11.5 Å². The van der Waals surface area contributed by atoms with Crippen LogP contribution in [-0.4, -0.2) is 34.0 Å². The number of carbonyl (C=O) groups is 2. The maximum Gasteiger partial charge on any atom is 0.262 e. The van der Waals surface area contributed by atoms with Gasteiger partial charge in [-0.2, -0.15) is 0 Å². The first-order chi connectivity index (χ1) is 12.5. The van der Waals surface area contributed by atoms with Crippen molar-refractivity contribution in [2.24, 2.45) is 0 Å². The summed E-state index contributed by atoms with van der Waals surface area (Å²) in [5, 5.41) is 3.12. The molecule has 1 aromatic carbocycles. The first kappa shape index (κ1) is 18.2. The Bertz CT molecular complexity index is 894. The number of hydrogen-bond acceptors (Lipinski definition) is 6. The van der Waals surface area contributed by atoms with E-state index in [0.717, 1.165) is 25.0 Å². The summed E-state index contributed by atoms with van der Waals surface area (Å²) in [6.07, 6.45) is 2.73. The minimum absolute atomic E-state index is 0.0243. The molecule has 0 bridgehead atoms. The minimum atomic E-state index is -0.248. The second kappa shape index (κ2) is 8.18. The highest BCUT2D eigenvalue weighted by molar-refractivity contribution is 7.99. The molecule has 0 atom stereocenters. The first-order valence-electron chi connectivity index (χ1n) is 8.38. The number of aromatic amines is 1. The molecule has 0 saturated carbocycles. The third-order valence-electron chi connectivity index (χ3n) is 3.83. The summed E-state index contributed by atoms with van der Waals surface area (Å²) in [6.45, 7) is 2.05. The van der Waals surface area contributed by atoms with E-state index < -0.39 is 0 Å². The van der Waals surface area contributed by atoms with Crippen molar-refractivity contribution in [1.82, 2.24) is 9.97 Å². The highest BCUT2D eigenvalue weighted by Crippen LogP contribution is 2.29. The average Bonchev–Trinajstić information content (AvgIpc) is 2.63. The third kappa shape index (κ3) is 4.51. The van der Waals surface area contributed by atoms with E-state index >= 15 is 0 Å². The van der Waals surface area contributed by atoms with Gasteiger partial charge >= 0.3 is 0 Å². The molecule has 0 radical (unpaired) electrons. The molecule has 0 aliphatic carbocycles. The van der Waals surface area contributed by atoms with Gasteiger partial charge in [-0.25, -0.2) is 4.98 Å². The predicted molar refractivity (Wildman–Crippen MR) is 99.1 cm³/mol. The zero-order valence-corrected chi connectivity index (χ0v) is 15.1. The number of Topliss-reactive ketones (excluding diaryl/α,β-unsaturated/α-hetero) is 1. The average molecular weight is 373 g/mol. The Kier molecular flexibility index (Phi) is 5.72. The van der Waals surface area contributed by atoms with E-state index in [1.165, 1.54) is 17.8 Å². The van der Waals surface area contributed by atoms with Crippen molar-refractivity contribution in [3.8, 4) is 5.75 Å². The quantitative estimate of drug-likeness (QED) is 0.439. The van der Waals surface area contributed by atoms with Gasteiger partial charge in [-0.1, -0.05) is 25.1 Å². The fourth-order valence-corrected chi connectivity index (χ4v) is 3.30. The summed E-state index contributed by atoms with van der Waals surface area (Å²) in [7, 11) is 0. The van der Waals surface area contributed by atoms with Gasteiger partial charge in [0.2, 0.25) is 0 Å². The first-order valence-corrected chi connectivity index (χ1v) is 9.36. The van der Waals surface area contributed by atoms with Gasteiger partial charge in [0.05, 0.1) is 11.4 Å². The fourth-order valence-electron chi connectivity index (χ4n) is 2.51. The molecule has 0 saturated heterocycles. The number of aromatic nitrogens is 2. The van der Waals surface area contributed by atoms with Crippen LogP contribution < -0.4 is 15.6 Å². The normalized spacial score (nSPS) is 12.9. The number of nitrogens with zero attached hydrogens (tertiary/aromatic N) is 1. The monoisotopic (exact) mass is 373 g/mol. The summed E-state index contributed by atoms with van der Waals surface area (Å²) in [6, 6.07) is 6.42. The van der Waals surface area contributed by atoms with Crippen molar-refractivity contribution in [2.75, 3.05) is 17.7 Å². The Morgan fingerprint density at radius 3 is 2.96 bits per heavy atom. The van der Waals surface area contributed by atoms with Crippen LogP contribution in [0.1, 0.15) is 35.8 Å². The number of ether oxygens (including phenoxy) is 1. The van der Waals surface area contributed by atoms with E-state index in [1.807, 2.05) is 0 Å². The van der Waals surface area contributed by atoms with Crippen LogP contribution in [0.2, 0.25) is 0 Å². The molecule has 7 nitrogen and oxygen atoms in total. The molecule has 0 unspecified atom stereocenters. The molecule has 2 N–H and O–H groups in total. The Morgan fingerprint density at radius 1 is 1.31 bits per heavy atom. The number of ketones is 1. The van der Waals surface area contributed by atoms with Crippen LogP contribution in [0.3, 0.4) is 0 Å². The minimum Gasteiger partial charge on any atom is -0.482 e. The maximum atomic E-state index is 12.4. The SMILES string of the molecule is CCCCc1cc(=O)[nH]c(SCC(=O)c2ccc3c(c2)NC(=O)CO3)n1. The van der Waals surface area contributed by atoms with Crippen molar-refractivity contribution in [2.45, 2.75) is 31.3 Å². The van der Waals surface area contributed by atoms with Crippen molar-refractivity contribution >= 4 is 29.1 Å². The topological polar surface area (TPSA) is 101 Å². The molecule has 1 aromatic heterocycles. The molecule has 1 aliphatic heterocycles. The molecule has 0 fully saturated rings. The zero-order valence-electron chi connectivity index (χ0n) is 14.3. The number of unbranched alkanes of at least 4 members (excludes halogenated alkanes) is 1. The highest BCUT2D eigenvalue weighted by atomic mass is 32.2. The molecule has 2 aromatic rings. The second-order valence-corrected chi connectivity index (χ2v) is 6.87. The van der Waals surface area contributed by atoms with Crippen LogP contribution >= 0.6 is 11.8 Å². The number of anilines is 1. The van der Waals surface area contributed by atoms with Crippen LogP contribution in [0.4, 0.5) is 5.69 Å². The summed E-state index contributed by atoms with van der Waals surface area (Å²) >= 11 is 1.19. The summed E-state index contributed by atoms with van der Waals surface area (Å²) in [5.41, 5.74) is 1.48. The number of thioether (sulfide) groups is 1. The second-order valence-electron chi connectivity index (χ2n) is 5.91. The molecule has 0 spiro atoms. The van der Waals surface area contributed by atoms with Gasteiger partial charge in [0.15, 0.2) is 17.5 Å². The van der Waals surface area contributed by atoms with Crippen LogP contribution in [0, 0.1) is 0 Å². The molecule has 26 heavy (non-hydrogen) atoms. The van der Waals surface area contributed by atoms with Gasteiger partial charge in [0, 0.05) is 17.3 Å². The number of fused-ring (bicyclic) bond motifs is 1. The van der Waals surface area contributed by atoms with Crippen molar-refractivity contribution in [1.29, 1.82) is 0 Å². The highest BCUT2D eigenvalue weighted by Gasteiger charge is 2.18. The Hall–Kier alpha value is -2.61. The number of benzene rings is 1. The summed E-state index contributed by atoms with van der Waals surface area (Å²) in [5.74, 6) is 0.304. The van der Waals surface area contributed by atoms with Gasteiger partial charge in [-0.15, -0.1) is 0 Å². The van der Waals surface area contributed by atoms with E-state index in [-0.39, 0.29) is 29.6 Å². The molecular formula is C18H19N3O4S. The largest absolute Gasteiger partial charge is 0.482 e. The van der Waals surface area contributed by atoms with Crippen LogP contribution in [0.15, 0.2) is 34.2 Å². The van der Waals surface area contributed by atoms with E-state index in [2.05, 4.69) is 22.2 Å². The van der Waals surface area contributed by atoms with Crippen LogP contribution in [-0.2, 0) is 11.2 Å². The van der Waals surface area contributed by atoms with E-state index in [0.29, 0.717) is 22.2 Å². The van der Waals surface area contributed by atoms with E-state index in [4.69, 9.17) is 4.74 Å². The van der Waals surface area contributed by atoms with Crippen LogP contribution in [0.25, 0.3) is 0 Å². The van der Waals surface area contributed by atoms with Crippen LogP contribution in [0.5, 0.6) is 5.75 Å². The molecule has 2 heterocycles. The molecule has 8 heteroatoms. The summed E-state index contributed by atoms with van der Waals surface area (Å²) < 4.78 is 5.28. The van der Waals surface area contributed by atoms with Gasteiger partial charge < -0.3 is 15.0 Å². The van der Waals surface area contributed by atoms with Crippen molar-refractivity contribution in [3.63, 3.8) is 0 Å². The lowest BCUT2D eigenvalue weighted by molar-refractivity contribution is -0.118. The molecule has 1 amide bonds. The summed E-state index contributed by atoms with van der Waals surface area (Å²) in [4.78, 5) is 42.6. The molecule has 3 rings (SSSR count). The Morgan fingerprint density at radius 2 is 2.15 bits per heavy atom. The third-order valence-corrected chi connectivity index (χ3v) is 4.71. The molecule has 1 aliphatic rings. The lowest BCUT2D eigenvalue weighted by Crippen LogP contribution is -2.25. The van der Waals surface area contributed by atoms with E-state index in [1.54, 1.807) is 18.2 Å². The van der Waals surface area contributed by atoms with E-state index in [9.17, 15) is 14.4 Å². The molecular weight excluding hydrogens is 354 g/mol. The van der Waals surface area contributed by atoms with Crippen molar-refractivity contribution in [3.05, 3.63) is 45.9 Å². The predicted octanol–water partition coefficient (Wildman–Crippen LogP) is 2.42. The number of aryl methyl sites for hydroxylation is 1. The van der Waals surface area contributed by atoms with Gasteiger partial charge in [-0.05, 0) is 31.0 Å². The smallest absolute Gasteiger partial charge is 0.262 e. The standard InChI is InChI=1S/C18H19N3O4S/c1-2-3-4-12-8-16(23)21-18(19-12)26-10-14(22)11-5-6-15-13(7-11)20-17(24)9-25-15/h5-8H,2-4,9-10H2,1H3,(H,20,24)(H,19,21,23). The van der Waals surface area contributed by atoms with Gasteiger partial charge in [0.1, 0.15) is 5.75 Å². The number of rotatable bonds is 7.